The molecule has 0 bridgehead atoms. The van der Waals surface area contributed by atoms with Crippen LogP contribution in [-0.4, -0.2) is 40.8 Å². The highest BCUT2D eigenvalue weighted by atomic mass is 16.6. The molecular formula is C22H27N3O5. The molecule has 0 aliphatic heterocycles. The van der Waals surface area contributed by atoms with E-state index in [4.69, 9.17) is 4.74 Å². The molecule has 0 saturated carbocycles. The van der Waals surface area contributed by atoms with Gasteiger partial charge in [-0.2, -0.15) is 0 Å². The first kappa shape index (κ1) is 22.9. The number of rotatable bonds is 9. The number of nitro groups is 1. The Morgan fingerprint density at radius 2 is 1.83 bits per heavy atom. The molecule has 0 spiro atoms. The highest BCUT2D eigenvalue weighted by Crippen LogP contribution is 2.21. The SMILES string of the molecule is COc1cccc(CN(C(=O)Cc2ccccc2[N+](=O)[O-])[C@@H](C)C(=O)NC(C)C)c1. The van der Waals surface area contributed by atoms with E-state index < -0.39 is 11.0 Å². The van der Waals surface area contributed by atoms with Gasteiger partial charge in [-0.15, -0.1) is 0 Å². The summed E-state index contributed by atoms with van der Waals surface area (Å²) in [6.45, 7) is 5.50. The van der Waals surface area contributed by atoms with Crippen LogP contribution in [0.5, 0.6) is 5.75 Å². The van der Waals surface area contributed by atoms with Crippen LogP contribution < -0.4 is 10.1 Å². The Labute approximate surface area is 176 Å². The van der Waals surface area contributed by atoms with Crippen molar-refractivity contribution in [1.29, 1.82) is 0 Å². The highest BCUT2D eigenvalue weighted by Gasteiger charge is 2.28. The zero-order valence-corrected chi connectivity index (χ0v) is 17.6. The first-order valence-corrected chi connectivity index (χ1v) is 9.68. The second-order valence-electron chi connectivity index (χ2n) is 7.28. The van der Waals surface area contributed by atoms with Gasteiger partial charge in [0.1, 0.15) is 11.8 Å². The fourth-order valence-corrected chi connectivity index (χ4v) is 3.06. The Hall–Kier alpha value is -3.42. The molecule has 1 atom stereocenters. The molecule has 2 rings (SSSR count). The molecule has 0 aliphatic carbocycles. The first-order valence-electron chi connectivity index (χ1n) is 9.68. The summed E-state index contributed by atoms with van der Waals surface area (Å²) >= 11 is 0. The molecule has 2 amide bonds. The lowest BCUT2D eigenvalue weighted by atomic mass is 10.1. The van der Waals surface area contributed by atoms with Crippen molar-refractivity contribution in [2.75, 3.05) is 7.11 Å². The predicted octanol–water partition coefficient (Wildman–Crippen LogP) is 3.09. The van der Waals surface area contributed by atoms with Crippen molar-refractivity contribution in [3.63, 3.8) is 0 Å². The van der Waals surface area contributed by atoms with Gasteiger partial charge in [0.25, 0.3) is 5.69 Å². The molecule has 0 fully saturated rings. The van der Waals surface area contributed by atoms with Crippen molar-refractivity contribution in [1.82, 2.24) is 10.2 Å². The van der Waals surface area contributed by atoms with Gasteiger partial charge in [0.05, 0.1) is 18.5 Å². The third-order valence-corrected chi connectivity index (χ3v) is 4.62. The smallest absolute Gasteiger partial charge is 0.273 e. The summed E-state index contributed by atoms with van der Waals surface area (Å²) in [7, 11) is 1.55. The lowest BCUT2D eigenvalue weighted by Crippen LogP contribution is -2.49. The van der Waals surface area contributed by atoms with Crippen molar-refractivity contribution in [3.05, 3.63) is 69.8 Å². The van der Waals surface area contributed by atoms with Crippen molar-refractivity contribution in [3.8, 4) is 5.75 Å². The molecule has 0 unspecified atom stereocenters. The van der Waals surface area contributed by atoms with Gasteiger partial charge in [0.2, 0.25) is 11.8 Å². The van der Waals surface area contributed by atoms with Gasteiger partial charge < -0.3 is 15.0 Å². The number of benzene rings is 2. The maximum absolute atomic E-state index is 13.2. The summed E-state index contributed by atoms with van der Waals surface area (Å²) in [5.74, 6) is -0.0276. The molecule has 0 aromatic heterocycles. The standard InChI is InChI=1S/C22H27N3O5/c1-15(2)23-22(27)16(3)24(14-17-8-7-10-19(12-17)30-4)21(26)13-18-9-5-6-11-20(18)25(28)29/h5-12,15-16H,13-14H2,1-4H3,(H,23,27)/t16-/m0/s1. The largest absolute Gasteiger partial charge is 0.497 e. The number of carbonyl (C=O) groups is 2. The molecule has 8 nitrogen and oxygen atoms in total. The van der Waals surface area contributed by atoms with Crippen LogP contribution in [0.1, 0.15) is 31.9 Å². The van der Waals surface area contributed by atoms with E-state index in [-0.39, 0.29) is 36.5 Å². The minimum atomic E-state index is -0.756. The van der Waals surface area contributed by atoms with Gasteiger partial charge in [0.15, 0.2) is 0 Å². The van der Waals surface area contributed by atoms with Crippen molar-refractivity contribution >= 4 is 17.5 Å². The van der Waals surface area contributed by atoms with E-state index in [0.29, 0.717) is 11.3 Å². The van der Waals surface area contributed by atoms with Crippen molar-refractivity contribution in [2.24, 2.45) is 0 Å². The highest BCUT2D eigenvalue weighted by molar-refractivity contribution is 5.88. The number of nitro benzene ring substituents is 1. The minimum absolute atomic E-state index is 0.0797. The van der Waals surface area contributed by atoms with Gasteiger partial charge in [0, 0.05) is 24.2 Å². The Bertz CT molecular complexity index is 913. The summed E-state index contributed by atoms with van der Waals surface area (Å²) in [6, 6.07) is 12.5. The zero-order chi connectivity index (χ0) is 22.3. The summed E-state index contributed by atoms with van der Waals surface area (Å²) in [4.78, 5) is 38.0. The average molecular weight is 413 g/mol. The first-order chi connectivity index (χ1) is 14.2. The third-order valence-electron chi connectivity index (χ3n) is 4.62. The zero-order valence-electron chi connectivity index (χ0n) is 17.6. The van der Waals surface area contributed by atoms with E-state index in [1.807, 2.05) is 19.9 Å². The number of hydrogen-bond donors (Lipinski definition) is 1. The fraction of sp³-hybridized carbons (Fsp3) is 0.364. The maximum atomic E-state index is 13.2. The number of hydrogen-bond acceptors (Lipinski definition) is 5. The Morgan fingerprint density at radius 3 is 2.47 bits per heavy atom. The van der Waals surface area contributed by atoms with E-state index in [9.17, 15) is 19.7 Å². The van der Waals surface area contributed by atoms with Crippen LogP contribution in [0.25, 0.3) is 0 Å². The van der Waals surface area contributed by atoms with Gasteiger partial charge in [-0.25, -0.2) is 0 Å². The normalized spacial score (nSPS) is 11.6. The average Bonchev–Trinajstić information content (AvgIpc) is 2.71. The summed E-state index contributed by atoms with van der Waals surface area (Å²) in [6.07, 6.45) is -0.180. The van der Waals surface area contributed by atoms with Crippen LogP contribution in [0.2, 0.25) is 0 Å². The second kappa shape index (κ2) is 10.4. The van der Waals surface area contributed by atoms with Crippen LogP contribution in [0.15, 0.2) is 48.5 Å². The number of nitrogens with one attached hydrogen (secondary N) is 1. The number of ether oxygens (including phenoxy) is 1. The van der Waals surface area contributed by atoms with Crippen LogP contribution in [0.3, 0.4) is 0 Å². The molecule has 2 aromatic carbocycles. The lowest BCUT2D eigenvalue weighted by molar-refractivity contribution is -0.385. The lowest BCUT2D eigenvalue weighted by Gasteiger charge is -2.29. The number of amides is 2. The molecular weight excluding hydrogens is 386 g/mol. The number of carbonyl (C=O) groups excluding carboxylic acids is 2. The Kier molecular flexibility index (Phi) is 7.91. The monoisotopic (exact) mass is 413 g/mol. The molecule has 8 heteroatoms. The molecule has 0 aliphatic rings. The topological polar surface area (TPSA) is 102 Å². The summed E-state index contributed by atoms with van der Waals surface area (Å²) < 4.78 is 5.24. The summed E-state index contributed by atoms with van der Waals surface area (Å²) in [5, 5.41) is 14.1. The predicted molar refractivity (Wildman–Crippen MR) is 113 cm³/mol. The summed E-state index contributed by atoms with van der Waals surface area (Å²) in [5.41, 5.74) is 0.973. The third kappa shape index (κ3) is 6.04. The molecule has 30 heavy (non-hydrogen) atoms. The van der Waals surface area contributed by atoms with E-state index in [1.54, 1.807) is 50.4 Å². The van der Waals surface area contributed by atoms with E-state index in [2.05, 4.69) is 5.32 Å². The van der Waals surface area contributed by atoms with Crippen LogP contribution >= 0.6 is 0 Å². The quantitative estimate of drug-likeness (QED) is 0.503. The Morgan fingerprint density at radius 1 is 1.13 bits per heavy atom. The fourth-order valence-electron chi connectivity index (χ4n) is 3.06. The van der Waals surface area contributed by atoms with Gasteiger partial charge in [-0.1, -0.05) is 30.3 Å². The van der Waals surface area contributed by atoms with E-state index in [0.717, 1.165) is 5.56 Å². The molecule has 160 valence electrons. The number of para-hydroxylation sites is 1. The van der Waals surface area contributed by atoms with E-state index >= 15 is 0 Å². The maximum Gasteiger partial charge on any atom is 0.273 e. The van der Waals surface area contributed by atoms with E-state index in [1.165, 1.54) is 11.0 Å². The van der Waals surface area contributed by atoms with Crippen LogP contribution in [0, 0.1) is 10.1 Å². The molecule has 2 aromatic rings. The molecule has 1 N–H and O–H groups in total. The Balaban J connectivity index is 2.33. The van der Waals surface area contributed by atoms with Gasteiger partial charge in [-0.05, 0) is 38.5 Å². The second-order valence-corrected chi connectivity index (χ2v) is 7.28. The van der Waals surface area contributed by atoms with Crippen LogP contribution in [0.4, 0.5) is 5.69 Å². The molecule has 0 heterocycles. The van der Waals surface area contributed by atoms with Crippen molar-refractivity contribution < 1.29 is 19.2 Å². The number of methoxy groups -OCH3 is 1. The number of nitrogens with zero attached hydrogens (tertiary/aromatic N) is 2. The van der Waals surface area contributed by atoms with Crippen molar-refractivity contribution in [2.45, 2.75) is 45.8 Å². The van der Waals surface area contributed by atoms with Crippen LogP contribution in [-0.2, 0) is 22.6 Å². The van der Waals surface area contributed by atoms with Gasteiger partial charge >= 0.3 is 0 Å². The molecule has 0 saturated heterocycles. The molecule has 0 radical (unpaired) electrons. The minimum Gasteiger partial charge on any atom is -0.497 e. The van der Waals surface area contributed by atoms with Gasteiger partial charge in [-0.3, -0.25) is 19.7 Å².